The summed E-state index contributed by atoms with van der Waals surface area (Å²) in [5.74, 6) is 0.675. The highest BCUT2D eigenvalue weighted by Crippen LogP contribution is 2.30. The fourth-order valence-corrected chi connectivity index (χ4v) is 4.08. The van der Waals surface area contributed by atoms with Crippen LogP contribution in [0.3, 0.4) is 0 Å². The van der Waals surface area contributed by atoms with Gasteiger partial charge in [0.2, 0.25) is 0 Å². The molecule has 2 aromatic heterocycles. The molecule has 1 aliphatic rings. The van der Waals surface area contributed by atoms with Crippen molar-refractivity contribution in [2.45, 2.75) is 46.2 Å². The second-order valence-electron chi connectivity index (χ2n) is 8.77. The van der Waals surface area contributed by atoms with E-state index < -0.39 is 0 Å². The van der Waals surface area contributed by atoms with Gasteiger partial charge in [0.1, 0.15) is 6.04 Å². The van der Waals surface area contributed by atoms with Crippen molar-refractivity contribution in [1.82, 2.24) is 30.1 Å². The van der Waals surface area contributed by atoms with Crippen LogP contribution in [0.5, 0.6) is 0 Å². The Balaban J connectivity index is 1.94. The lowest BCUT2D eigenvalue weighted by Gasteiger charge is -2.34. The van der Waals surface area contributed by atoms with Gasteiger partial charge < -0.3 is 9.72 Å². The predicted octanol–water partition coefficient (Wildman–Crippen LogP) is 2.31. The number of hydrogen-bond acceptors (Lipinski definition) is 6. The number of nitrogens with zero attached hydrogens (tertiary/aromatic N) is 5. The Hall–Kier alpha value is -2.58. The summed E-state index contributed by atoms with van der Waals surface area (Å²) in [7, 11) is 0. The Morgan fingerprint density at radius 1 is 1.14 bits per heavy atom. The maximum atomic E-state index is 13.2. The summed E-state index contributed by atoms with van der Waals surface area (Å²) in [6.45, 7) is 12.9. The van der Waals surface area contributed by atoms with E-state index in [0.717, 1.165) is 22.0 Å². The number of morpholine rings is 1. The Morgan fingerprint density at radius 2 is 1.86 bits per heavy atom. The molecule has 0 aliphatic carbocycles. The SMILES string of the molecule is Cc1cc(C)c2[nH]c(=O)c([C@@H](c3nnnn3C(C)(C)C)N3CCOCC3)cc2c1. The van der Waals surface area contributed by atoms with Crippen LogP contribution in [-0.2, 0) is 10.3 Å². The van der Waals surface area contributed by atoms with Gasteiger partial charge in [0, 0.05) is 18.7 Å². The van der Waals surface area contributed by atoms with Gasteiger partial charge in [-0.25, -0.2) is 4.68 Å². The number of ether oxygens (including phenoxy) is 1. The van der Waals surface area contributed by atoms with Crippen LogP contribution in [-0.4, -0.2) is 56.4 Å². The first-order chi connectivity index (χ1) is 13.8. The summed E-state index contributed by atoms with van der Waals surface area (Å²) in [5.41, 5.74) is 3.34. The van der Waals surface area contributed by atoms with Crippen molar-refractivity contribution in [1.29, 1.82) is 0 Å². The van der Waals surface area contributed by atoms with Gasteiger partial charge in [-0.2, -0.15) is 0 Å². The average molecular weight is 396 g/mol. The summed E-state index contributed by atoms with van der Waals surface area (Å²) in [6, 6.07) is 5.83. The number of fused-ring (bicyclic) bond motifs is 1. The van der Waals surface area contributed by atoms with Gasteiger partial charge in [0.15, 0.2) is 5.82 Å². The molecule has 0 spiro atoms. The second-order valence-corrected chi connectivity index (χ2v) is 8.77. The zero-order valence-corrected chi connectivity index (χ0v) is 17.7. The third kappa shape index (κ3) is 3.70. The zero-order valence-electron chi connectivity index (χ0n) is 17.7. The Kier molecular flexibility index (Phi) is 5.00. The van der Waals surface area contributed by atoms with E-state index in [4.69, 9.17) is 4.74 Å². The normalized spacial score (nSPS) is 17.0. The fraction of sp³-hybridized carbons (Fsp3) is 0.524. The summed E-state index contributed by atoms with van der Waals surface area (Å²) < 4.78 is 7.36. The lowest BCUT2D eigenvalue weighted by Crippen LogP contribution is -2.43. The highest BCUT2D eigenvalue weighted by molar-refractivity contribution is 5.83. The van der Waals surface area contributed by atoms with E-state index in [1.54, 1.807) is 0 Å². The van der Waals surface area contributed by atoms with Crippen LogP contribution >= 0.6 is 0 Å². The van der Waals surface area contributed by atoms with Crippen molar-refractivity contribution in [3.8, 4) is 0 Å². The molecule has 1 saturated heterocycles. The Bertz CT molecular complexity index is 1090. The molecule has 3 aromatic rings. The molecule has 1 fully saturated rings. The predicted molar refractivity (Wildman–Crippen MR) is 111 cm³/mol. The first-order valence-electron chi connectivity index (χ1n) is 10.0. The monoisotopic (exact) mass is 396 g/mol. The van der Waals surface area contributed by atoms with E-state index in [9.17, 15) is 4.79 Å². The van der Waals surface area contributed by atoms with Crippen LogP contribution in [0, 0.1) is 13.8 Å². The molecule has 1 aliphatic heterocycles. The molecule has 1 N–H and O–H groups in total. The summed E-state index contributed by atoms with van der Waals surface area (Å²) >= 11 is 0. The molecule has 1 aromatic carbocycles. The minimum absolute atomic E-state index is 0.107. The van der Waals surface area contributed by atoms with Crippen molar-refractivity contribution in [2.24, 2.45) is 0 Å². The molecular weight excluding hydrogens is 368 g/mol. The van der Waals surface area contributed by atoms with E-state index in [-0.39, 0.29) is 17.1 Å². The van der Waals surface area contributed by atoms with E-state index in [0.29, 0.717) is 37.7 Å². The van der Waals surface area contributed by atoms with Gasteiger partial charge in [-0.3, -0.25) is 9.69 Å². The average Bonchev–Trinajstić information content (AvgIpc) is 3.14. The van der Waals surface area contributed by atoms with Crippen molar-refractivity contribution in [3.63, 3.8) is 0 Å². The third-order valence-corrected chi connectivity index (χ3v) is 5.40. The van der Waals surface area contributed by atoms with E-state index in [1.807, 2.05) is 17.7 Å². The lowest BCUT2D eigenvalue weighted by molar-refractivity contribution is 0.0206. The molecule has 0 radical (unpaired) electrons. The highest BCUT2D eigenvalue weighted by Gasteiger charge is 2.34. The number of H-pyrrole nitrogens is 1. The smallest absolute Gasteiger partial charge is 0.253 e. The van der Waals surface area contributed by atoms with Gasteiger partial charge in [-0.05, 0) is 68.1 Å². The molecule has 1 atom stereocenters. The number of aromatic amines is 1. The minimum Gasteiger partial charge on any atom is -0.379 e. The molecule has 29 heavy (non-hydrogen) atoms. The van der Waals surface area contributed by atoms with Crippen LogP contribution in [0.1, 0.15) is 49.3 Å². The largest absolute Gasteiger partial charge is 0.379 e. The number of pyridine rings is 1. The number of aryl methyl sites for hydroxylation is 2. The van der Waals surface area contributed by atoms with Crippen molar-refractivity contribution >= 4 is 10.9 Å². The summed E-state index contributed by atoms with van der Waals surface area (Å²) in [6.07, 6.45) is 0. The number of tetrazole rings is 1. The summed E-state index contributed by atoms with van der Waals surface area (Å²) in [5, 5.41) is 13.6. The lowest BCUT2D eigenvalue weighted by atomic mass is 9.99. The van der Waals surface area contributed by atoms with E-state index in [1.165, 1.54) is 0 Å². The van der Waals surface area contributed by atoms with Gasteiger partial charge in [0.05, 0.1) is 24.3 Å². The standard InChI is InChI=1S/C21H28N6O2/c1-13-10-14(2)17-15(11-13)12-16(20(28)22-17)18(26-6-8-29-9-7-26)19-23-24-25-27(19)21(3,4)5/h10-12,18H,6-9H2,1-5H3,(H,22,28)/t18-/m0/s1. The molecule has 4 rings (SSSR count). The summed E-state index contributed by atoms with van der Waals surface area (Å²) in [4.78, 5) is 18.6. The van der Waals surface area contributed by atoms with Crippen LogP contribution in [0.15, 0.2) is 23.0 Å². The van der Waals surface area contributed by atoms with Crippen molar-refractivity contribution < 1.29 is 4.74 Å². The second kappa shape index (κ2) is 7.35. The number of nitrogens with one attached hydrogen (secondary N) is 1. The maximum Gasteiger partial charge on any atom is 0.253 e. The van der Waals surface area contributed by atoms with Gasteiger partial charge in [-0.15, -0.1) is 5.10 Å². The van der Waals surface area contributed by atoms with Crippen molar-refractivity contribution in [2.75, 3.05) is 26.3 Å². The van der Waals surface area contributed by atoms with Gasteiger partial charge in [0.25, 0.3) is 5.56 Å². The first-order valence-corrected chi connectivity index (χ1v) is 10.0. The van der Waals surface area contributed by atoms with E-state index in [2.05, 4.69) is 65.2 Å². The van der Waals surface area contributed by atoms with Crippen LogP contribution in [0.4, 0.5) is 0 Å². The fourth-order valence-electron chi connectivity index (χ4n) is 4.08. The maximum absolute atomic E-state index is 13.2. The van der Waals surface area contributed by atoms with Crippen LogP contribution in [0.25, 0.3) is 10.9 Å². The Morgan fingerprint density at radius 3 is 2.55 bits per heavy atom. The molecule has 0 bridgehead atoms. The number of rotatable bonds is 3. The van der Waals surface area contributed by atoms with Gasteiger partial charge >= 0.3 is 0 Å². The van der Waals surface area contributed by atoms with Gasteiger partial charge in [-0.1, -0.05) is 11.6 Å². The third-order valence-electron chi connectivity index (χ3n) is 5.40. The molecule has 154 valence electrons. The molecule has 0 amide bonds. The quantitative estimate of drug-likeness (QED) is 0.731. The zero-order chi connectivity index (χ0) is 20.8. The van der Waals surface area contributed by atoms with Crippen LogP contribution < -0.4 is 5.56 Å². The minimum atomic E-state index is -0.345. The molecule has 8 nitrogen and oxygen atoms in total. The Labute approximate surface area is 169 Å². The number of benzene rings is 1. The van der Waals surface area contributed by atoms with Crippen LogP contribution in [0.2, 0.25) is 0 Å². The molecule has 3 heterocycles. The van der Waals surface area contributed by atoms with E-state index >= 15 is 0 Å². The molecular formula is C21H28N6O2. The van der Waals surface area contributed by atoms with Crippen molar-refractivity contribution in [3.05, 3.63) is 51.1 Å². The number of hydrogen-bond donors (Lipinski definition) is 1. The molecule has 0 saturated carbocycles. The topological polar surface area (TPSA) is 88.9 Å². The number of aromatic nitrogens is 5. The molecule has 8 heteroatoms. The first kappa shape index (κ1) is 19.7. The highest BCUT2D eigenvalue weighted by atomic mass is 16.5. The molecule has 0 unspecified atom stereocenters.